The number of rotatable bonds is 4. The number of imidazole rings is 1. The highest BCUT2D eigenvalue weighted by atomic mass is 15.1. The second kappa shape index (κ2) is 4.84. The maximum Gasteiger partial charge on any atom is 0.160 e. The molecule has 0 fully saturated rings. The van der Waals surface area contributed by atoms with Gasteiger partial charge in [-0.15, -0.1) is 0 Å². The van der Waals surface area contributed by atoms with E-state index in [2.05, 4.69) is 34.4 Å². The van der Waals surface area contributed by atoms with Crippen LogP contribution in [0.2, 0.25) is 0 Å². The molecule has 2 aromatic rings. The van der Waals surface area contributed by atoms with Crippen molar-refractivity contribution < 1.29 is 0 Å². The summed E-state index contributed by atoms with van der Waals surface area (Å²) in [5.41, 5.74) is 9.11. The van der Waals surface area contributed by atoms with Crippen LogP contribution >= 0.6 is 0 Å². The number of nitrogens with zero attached hydrogens (tertiary/aromatic N) is 3. The fourth-order valence-electron chi connectivity index (χ4n) is 1.98. The van der Waals surface area contributed by atoms with Gasteiger partial charge in [0, 0.05) is 25.2 Å². The summed E-state index contributed by atoms with van der Waals surface area (Å²) in [4.78, 5) is 9.11. The Morgan fingerprint density at radius 1 is 1.41 bits per heavy atom. The molecule has 1 atom stereocenters. The van der Waals surface area contributed by atoms with Gasteiger partial charge in [0.25, 0.3) is 0 Å². The normalized spacial score (nSPS) is 13.2. The molecule has 17 heavy (non-hydrogen) atoms. The Morgan fingerprint density at radius 3 is 2.82 bits per heavy atom. The maximum absolute atomic E-state index is 6.03. The summed E-state index contributed by atoms with van der Waals surface area (Å²) in [6.07, 6.45) is 3.76. The van der Waals surface area contributed by atoms with Gasteiger partial charge in [-0.3, -0.25) is 0 Å². The molecule has 1 unspecified atom stereocenters. The molecule has 0 aliphatic rings. The van der Waals surface area contributed by atoms with Crippen LogP contribution in [0.1, 0.15) is 31.7 Å². The van der Waals surface area contributed by atoms with Crippen LogP contribution in [0.5, 0.6) is 0 Å². The lowest BCUT2D eigenvalue weighted by atomic mass is 10.2. The Hall–Kier alpha value is -1.42. The zero-order valence-corrected chi connectivity index (χ0v) is 10.8. The third-order valence-corrected chi connectivity index (χ3v) is 3.06. The summed E-state index contributed by atoms with van der Waals surface area (Å²) < 4.78 is 2.16. The standard InChI is InChI=1S/C13H20N4/c1-4-10(14)8-17-12(5-2)16-11-6-9(3)7-15-13(11)17/h6-7,10H,4-5,8,14H2,1-3H3. The van der Waals surface area contributed by atoms with Gasteiger partial charge in [-0.05, 0) is 25.0 Å². The third kappa shape index (κ3) is 2.31. The molecule has 2 N–H and O–H groups in total. The molecule has 0 spiro atoms. The highest BCUT2D eigenvalue weighted by Gasteiger charge is 2.12. The van der Waals surface area contributed by atoms with Gasteiger partial charge >= 0.3 is 0 Å². The van der Waals surface area contributed by atoms with E-state index in [1.54, 1.807) is 0 Å². The van der Waals surface area contributed by atoms with Crippen molar-refractivity contribution in [2.24, 2.45) is 5.73 Å². The highest BCUT2D eigenvalue weighted by Crippen LogP contribution is 2.16. The first-order valence-electron chi connectivity index (χ1n) is 6.23. The van der Waals surface area contributed by atoms with Crippen molar-refractivity contribution in [3.63, 3.8) is 0 Å². The number of aromatic nitrogens is 3. The molecule has 0 aromatic carbocycles. The second-order valence-electron chi connectivity index (χ2n) is 4.52. The Bertz CT molecular complexity index is 515. The van der Waals surface area contributed by atoms with Gasteiger partial charge < -0.3 is 10.3 Å². The largest absolute Gasteiger partial charge is 0.326 e. The van der Waals surface area contributed by atoms with E-state index < -0.39 is 0 Å². The minimum absolute atomic E-state index is 0.167. The number of hydrogen-bond donors (Lipinski definition) is 1. The first-order chi connectivity index (χ1) is 8.15. The fourth-order valence-corrected chi connectivity index (χ4v) is 1.98. The summed E-state index contributed by atoms with van der Waals surface area (Å²) in [6.45, 7) is 7.05. The van der Waals surface area contributed by atoms with E-state index in [0.29, 0.717) is 0 Å². The highest BCUT2D eigenvalue weighted by molar-refractivity contribution is 5.72. The smallest absolute Gasteiger partial charge is 0.160 e. The maximum atomic E-state index is 6.03. The molecule has 0 aliphatic heterocycles. The van der Waals surface area contributed by atoms with Crippen molar-refractivity contribution in [1.29, 1.82) is 0 Å². The lowest BCUT2D eigenvalue weighted by molar-refractivity contribution is 0.532. The Kier molecular flexibility index (Phi) is 3.43. The van der Waals surface area contributed by atoms with Crippen LogP contribution in [0.4, 0.5) is 0 Å². The van der Waals surface area contributed by atoms with Crippen LogP contribution in [0.3, 0.4) is 0 Å². The van der Waals surface area contributed by atoms with Crippen LogP contribution in [0.25, 0.3) is 11.2 Å². The van der Waals surface area contributed by atoms with Crippen LogP contribution < -0.4 is 5.73 Å². The summed E-state index contributed by atoms with van der Waals surface area (Å²) in [5.74, 6) is 1.07. The van der Waals surface area contributed by atoms with E-state index in [1.165, 1.54) is 0 Å². The minimum atomic E-state index is 0.167. The number of pyridine rings is 1. The summed E-state index contributed by atoms with van der Waals surface area (Å²) in [5, 5.41) is 0. The van der Waals surface area contributed by atoms with Crippen LogP contribution in [-0.4, -0.2) is 20.6 Å². The fraction of sp³-hybridized carbons (Fsp3) is 0.538. The zero-order chi connectivity index (χ0) is 12.4. The molecule has 4 heteroatoms. The molecular formula is C13H20N4. The van der Waals surface area contributed by atoms with E-state index in [1.807, 2.05) is 13.1 Å². The molecule has 0 bridgehead atoms. The van der Waals surface area contributed by atoms with E-state index >= 15 is 0 Å². The van der Waals surface area contributed by atoms with Crippen molar-refractivity contribution in [3.8, 4) is 0 Å². The number of aryl methyl sites for hydroxylation is 2. The van der Waals surface area contributed by atoms with Crippen LogP contribution in [0.15, 0.2) is 12.3 Å². The molecule has 4 nitrogen and oxygen atoms in total. The summed E-state index contributed by atoms with van der Waals surface area (Å²) in [7, 11) is 0. The Morgan fingerprint density at radius 2 is 2.18 bits per heavy atom. The number of hydrogen-bond acceptors (Lipinski definition) is 3. The Labute approximate surface area is 102 Å². The van der Waals surface area contributed by atoms with E-state index in [-0.39, 0.29) is 6.04 Å². The average molecular weight is 232 g/mol. The molecule has 92 valence electrons. The van der Waals surface area contributed by atoms with Crippen molar-refractivity contribution >= 4 is 11.2 Å². The number of nitrogens with two attached hydrogens (primary N) is 1. The van der Waals surface area contributed by atoms with Gasteiger partial charge in [-0.2, -0.15) is 0 Å². The van der Waals surface area contributed by atoms with E-state index in [4.69, 9.17) is 5.73 Å². The van der Waals surface area contributed by atoms with E-state index in [0.717, 1.165) is 41.9 Å². The third-order valence-electron chi connectivity index (χ3n) is 3.06. The molecule has 0 saturated heterocycles. The lowest BCUT2D eigenvalue weighted by Gasteiger charge is -2.12. The van der Waals surface area contributed by atoms with Crippen molar-refractivity contribution in [2.45, 2.75) is 46.2 Å². The average Bonchev–Trinajstić information content (AvgIpc) is 2.66. The molecule has 2 rings (SSSR count). The SMILES string of the molecule is CCc1nc2cc(C)cnc2n1CC(N)CC. The quantitative estimate of drug-likeness (QED) is 0.877. The minimum Gasteiger partial charge on any atom is -0.326 e. The first kappa shape index (κ1) is 12.0. The molecule has 0 amide bonds. The Balaban J connectivity index is 2.50. The lowest BCUT2D eigenvalue weighted by Crippen LogP contribution is -2.26. The first-order valence-corrected chi connectivity index (χ1v) is 6.23. The monoisotopic (exact) mass is 232 g/mol. The molecule has 0 aliphatic carbocycles. The predicted octanol–water partition coefficient (Wildman–Crippen LogP) is 2.04. The summed E-state index contributed by atoms with van der Waals surface area (Å²) >= 11 is 0. The predicted molar refractivity (Wildman–Crippen MR) is 69.9 cm³/mol. The molecule has 0 radical (unpaired) electrons. The summed E-state index contributed by atoms with van der Waals surface area (Å²) in [6, 6.07) is 2.25. The molecule has 0 saturated carbocycles. The van der Waals surface area contributed by atoms with Crippen molar-refractivity contribution in [3.05, 3.63) is 23.7 Å². The molecule has 2 aromatic heterocycles. The van der Waals surface area contributed by atoms with Gasteiger partial charge in [0.05, 0.1) is 0 Å². The molecular weight excluding hydrogens is 212 g/mol. The topological polar surface area (TPSA) is 56.7 Å². The zero-order valence-electron chi connectivity index (χ0n) is 10.8. The molecule has 2 heterocycles. The van der Waals surface area contributed by atoms with Crippen LogP contribution in [-0.2, 0) is 13.0 Å². The van der Waals surface area contributed by atoms with Gasteiger partial charge in [-0.25, -0.2) is 9.97 Å². The van der Waals surface area contributed by atoms with Crippen molar-refractivity contribution in [1.82, 2.24) is 14.5 Å². The number of fused-ring (bicyclic) bond motifs is 1. The van der Waals surface area contributed by atoms with E-state index in [9.17, 15) is 0 Å². The van der Waals surface area contributed by atoms with Crippen molar-refractivity contribution in [2.75, 3.05) is 0 Å². The van der Waals surface area contributed by atoms with Gasteiger partial charge in [-0.1, -0.05) is 13.8 Å². The van der Waals surface area contributed by atoms with Gasteiger partial charge in [0.15, 0.2) is 5.65 Å². The van der Waals surface area contributed by atoms with Gasteiger partial charge in [0.1, 0.15) is 11.3 Å². The second-order valence-corrected chi connectivity index (χ2v) is 4.52. The van der Waals surface area contributed by atoms with Crippen LogP contribution in [0, 0.1) is 6.92 Å². The van der Waals surface area contributed by atoms with Gasteiger partial charge in [0.2, 0.25) is 0 Å².